The number of aromatic nitrogens is 2. The zero-order chi connectivity index (χ0) is 33.2. The summed E-state index contributed by atoms with van der Waals surface area (Å²) in [4.78, 5) is 62.0. The highest BCUT2D eigenvalue weighted by Crippen LogP contribution is 2.20. The smallest absolute Gasteiger partial charge is 0.326 e. The molecule has 2 heterocycles. The minimum absolute atomic E-state index is 0.0100. The van der Waals surface area contributed by atoms with Crippen molar-refractivity contribution in [1.29, 1.82) is 0 Å². The number of H-pyrrole nitrogens is 2. The molecule has 15 heteroatoms. The van der Waals surface area contributed by atoms with Gasteiger partial charge in [-0.15, -0.1) is 0 Å². The topological polar surface area (TPSA) is 247 Å². The number of guanidine groups is 1. The molecule has 14 nitrogen and oxygen atoms in total. The Hall–Kier alpha value is -5.02. The average molecular weight is 650 g/mol. The van der Waals surface area contributed by atoms with Gasteiger partial charge in [0.05, 0.1) is 6.04 Å². The van der Waals surface area contributed by atoms with E-state index in [1.165, 1.54) is 0 Å². The Morgan fingerprint density at radius 2 is 1.30 bits per heavy atom. The van der Waals surface area contributed by atoms with E-state index in [0.29, 0.717) is 12.0 Å². The number of aromatic amines is 2. The first-order chi connectivity index (χ1) is 22.1. The molecular weight excluding hydrogens is 610 g/mol. The fourth-order valence-corrected chi connectivity index (χ4v) is 5.40. The standard InChI is InChI=1S/C31H39N9O5S/c32-21(12-17-14-36-22-8-3-1-6-19(17)22)27(41)38-24(10-5-11-35-31(33)34)28(42)40-26(16-46)29(43)39-25(30(44)45)13-18-15-37-23-9-4-2-7-20(18)23/h1-4,6-9,14-15,21,24-26,36-37,46H,5,10-13,16,32H2,(H,38,41)(H,39,43)(H,40,42)(H,44,45)(H4,33,34,35). The first kappa shape index (κ1) is 33.9. The number of amides is 3. The summed E-state index contributed by atoms with van der Waals surface area (Å²) in [6, 6.07) is 10.5. The van der Waals surface area contributed by atoms with Crippen LogP contribution >= 0.6 is 12.6 Å². The normalized spacial score (nSPS) is 13.8. The molecule has 0 spiro atoms. The minimum Gasteiger partial charge on any atom is -0.480 e. The molecule has 46 heavy (non-hydrogen) atoms. The van der Waals surface area contributed by atoms with Crippen molar-refractivity contribution >= 4 is 64.1 Å². The van der Waals surface area contributed by atoms with Crippen molar-refractivity contribution in [3.05, 3.63) is 72.1 Å². The molecule has 4 aromatic rings. The zero-order valence-corrected chi connectivity index (χ0v) is 25.9. The summed E-state index contributed by atoms with van der Waals surface area (Å²) in [5.74, 6) is -3.46. The number of hydrogen-bond acceptors (Lipinski definition) is 7. The lowest BCUT2D eigenvalue weighted by atomic mass is 10.0. The number of thiol groups is 1. The van der Waals surface area contributed by atoms with Crippen LogP contribution in [-0.4, -0.2) is 81.2 Å². The molecule has 3 amide bonds. The molecular formula is C31H39N9O5S. The van der Waals surface area contributed by atoms with Gasteiger partial charge in [-0.1, -0.05) is 36.4 Å². The fraction of sp³-hybridized carbons (Fsp3) is 0.323. The Bertz CT molecular complexity index is 1710. The maximum atomic E-state index is 13.4. The highest BCUT2D eigenvalue weighted by atomic mass is 32.1. The largest absolute Gasteiger partial charge is 0.480 e. The Kier molecular flexibility index (Phi) is 11.6. The van der Waals surface area contributed by atoms with Gasteiger partial charge < -0.3 is 48.2 Å². The molecule has 0 bridgehead atoms. The molecule has 244 valence electrons. The first-order valence-corrected chi connectivity index (χ1v) is 15.4. The molecule has 4 unspecified atom stereocenters. The second-order valence-electron chi connectivity index (χ2n) is 10.9. The van der Waals surface area contributed by atoms with Crippen LogP contribution in [0.2, 0.25) is 0 Å². The molecule has 2 aromatic carbocycles. The predicted octanol–water partition coefficient (Wildman–Crippen LogP) is 0.284. The summed E-state index contributed by atoms with van der Waals surface area (Å²) < 4.78 is 0. The number of aliphatic carboxylic acids is 1. The zero-order valence-electron chi connectivity index (χ0n) is 25.0. The number of carboxylic acid groups (broad SMARTS) is 1. The van der Waals surface area contributed by atoms with Crippen LogP contribution in [0.4, 0.5) is 0 Å². The third kappa shape index (κ3) is 8.79. The number of hydrogen-bond donors (Lipinski definition) is 10. The molecule has 0 fully saturated rings. The van der Waals surface area contributed by atoms with Crippen LogP contribution in [-0.2, 0) is 32.0 Å². The molecule has 0 aliphatic rings. The SMILES string of the molecule is NC(N)=NCCCC(NC(=O)C(N)Cc1c[nH]c2ccccc12)C(=O)NC(CS)C(=O)NC(Cc1c[nH]c2ccccc12)C(=O)O. The number of nitrogens with two attached hydrogens (primary N) is 3. The van der Waals surface area contributed by atoms with Crippen LogP contribution in [0, 0.1) is 0 Å². The van der Waals surface area contributed by atoms with Crippen LogP contribution in [0.25, 0.3) is 21.8 Å². The van der Waals surface area contributed by atoms with Gasteiger partial charge in [0.1, 0.15) is 18.1 Å². The Labute approximate surface area is 270 Å². The second-order valence-corrected chi connectivity index (χ2v) is 11.3. The van der Waals surface area contributed by atoms with Crippen LogP contribution < -0.4 is 33.2 Å². The lowest BCUT2D eigenvalue weighted by molar-refractivity contribution is -0.142. The Morgan fingerprint density at radius 3 is 1.87 bits per heavy atom. The highest BCUT2D eigenvalue weighted by molar-refractivity contribution is 7.80. The molecule has 0 aliphatic carbocycles. The summed E-state index contributed by atoms with van der Waals surface area (Å²) in [6.07, 6.45) is 4.17. The number of benzene rings is 2. The molecule has 0 aliphatic heterocycles. The van der Waals surface area contributed by atoms with Crippen molar-refractivity contribution in [2.45, 2.75) is 49.9 Å². The van der Waals surface area contributed by atoms with Gasteiger partial charge in [-0.3, -0.25) is 19.4 Å². The van der Waals surface area contributed by atoms with E-state index >= 15 is 0 Å². The number of aliphatic imine (C=N–C) groups is 1. The lowest BCUT2D eigenvalue weighted by Crippen LogP contribution is -2.58. The van der Waals surface area contributed by atoms with Gasteiger partial charge in [0.25, 0.3) is 0 Å². The number of carbonyl (C=O) groups is 4. The maximum absolute atomic E-state index is 13.4. The molecule has 4 rings (SSSR count). The van der Waals surface area contributed by atoms with Gasteiger partial charge in [0, 0.05) is 52.9 Å². The lowest BCUT2D eigenvalue weighted by Gasteiger charge is -2.24. The number of fused-ring (bicyclic) bond motifs is 2. The summed E-state index contributed by atoms with van der Waals surface area (Å²) in [6.45, 7) is 0.202. The quantitative estimate of drug-likeness (QED) is 0.0349. The van der Waals surface area contributed by atoms with Crippen LogP contribution in [0.1, 0.15) is 24.0 Å². The summed E-state index contributed by atoms with van der Waals surface area (Å²) in [5.41, 5.74) is 20.4. The van der Waals surface area contributed by atoms with Crippen LogP contribution in [0.5, 0.6) is 0 Å². The van der Waals surface area contributed by atoms with Crippen molar-refractivity contribution in [2.24, 2.45) is 22.2 Å². The van der Waals surface area contributed by atoms with Gasteiger partial charge in [0.2, 0.25) is 17.7 Å². The summed E-state index contributed by atoms with van der Waals surface area (Å²) >= 11 is 4.22. The van der Waals surface area contributed by atoms with Crippen molar-refractivity contribution in [3.8, 4) is 0 Å². The third-order valence-electron chi connectivity index (χ3n) is 7.56. The van der Waals surface area contributed by atoms with Crippen molar-refractivity contribution < 1.29 is 24.3 Å². The maximum Gasteiger partial charge on any atom is 0.326 e. The Morgan fingerprint density at radius 1 is 0.783 bits per heavy atom. The van der Waals surface area contributed by atoms with Crippen LogP contribution in [0.3, 0.4) is 0 Å². The van der Waals surface area contributed by atoms with E-state index < -0.39 is 47.9 Å². The molecule has 4 atom stereocenters. The number of rotatable bonds is 16. The van der Waals surface area contributed by atoms with Gasteiger partial charge in [-0.25, -0.2) is 4.79 Å². The van der Waals surface area contributed by atoms with E-state index in [1.807, 2.05) is 48.5 Å². The molecule has 0 radical (unpaired) electrons. The van der Waals surface area contributed by atoms with E-state index in [2.05, 4.69) is 43.5 Å². The monoisotopic (exact) mass is 649 g/mol. The third-order valence-corrected chi connectivity index (χ3v) is 7.92. The Balaban J connectivity index is 1.42. The van der Waals surface area contributed by atoms with Crippen molar-refractivity contribution in [1.82, 2.24) is 25.9 Å². The first-order valence-electron chi connectivity index (χ1n) is 14.7. The van der Waals surface area contributed by atoms with Crippen molar-refractivity contribution in [2.75, 3.05) is 12.3 Å². The highest BCUT2D eigenvalue weighted by Gasteiger charge is 2.30. The summed E-state index contributed by atoms with van der Waals surface area (Å²) in [5, 5.41) is 19.4. The van der Waals surface area contributed by atoms with Gasteiger partial charge in [-0.2, -0.15) is 12.6 Å². The summed E-state index contributed by atoms with van der Waals surface area (Å²) in [7, 11) is 0. The van der Waals surface area contributed by atoms with Crippen LogP contribution in [0.15, 0.2) is 65.9 Å². The van der Waals surface area contributed by atoms with Crippen molar-refractivity contribution in [3.63, 3.8) is 0 Å². The molecule has 2 aromatic heterocycles. The number of nitrogens with one attached hydrogen (secondary N) is 5. The van der Waals surface area contributed by atoms with E-state index in [-0.39, 0.29) is 37.5 Å². The second kappa shape index (κ2) is 15.8. The van der Waals surface area contributed by atoms with Gasteiger partial charge >= 0.3 is 5.97 Å². The molecule has 12 N–H and O–H groups in total. The number of carbonyl (C=O) groups excluding carboxylic acids is 3. The van der Waals surface area contributed by atoms with Gasteiger partial charge in [-0.05, 0) is 42.5 Å². The van der Waals surface area contributed by atoms with E-state index in [4.69, 9.17) is 17.2 Å². The van der Waals surface area contributed by atoms with Gasteiger partial charge in [0.15, 0.2) is 5.96 Å². The van der Waals surface area contributed by atoms with E-state index in [9.17, 15) is 24.3 Å². The van der Waals surface area contributed by atoms with E-state index in [0.717, 1.165) is 27.4 Å². The molecule has 0 saturated carbocycles. The number of nitrogens with zero attached hydrogens (tertiary/aromatic N) is 1. The number of para-hydroxylation sites is 2. The fourth-order valence-electron chi connectivity index (χ4n) is 5.14. The number of carboxylic acids is 1. The minimum atomic E-state index is -1.27. The molecule has 0 saturated heterocycles. The van der Waals surface area contributed by atoms with E-state index in [1.54, 1.807) is 12.4 Å². The predicted molar refractivity (Wildman–Crippen MR) is 179 cm³/mol. The average Bonchev–Trinajstić information content (AvgIpc) is 3.64.